The Morgan fingerprint density at radius 2 is 2.71 bits per heavy atom. The molecule has 5 nitrogen and oxygen atoms in total. The highest BCUT2D eigenvalue weighted by Gasteiger charge is 2.00. The fourth-order valence-corrected chi connectivity index (χ4v) is 0.266. The van der Waals surface area contributed by atoms with Gasteiger partial charge >= 0.3 is 0 Å². The molecule has 0 spiro atoms. The van der Waals surface area contributed by atoms with E-state index in [-0.39, 0.29) is 0 Å². The maximum absolute atomic E-state index is 8.06. The Morgan fingerprint density at radius 1 is 1.86 bits per heavy atom. The minimum Gasteiger partial charge on any atom is -0.189 e. The predicted octanol–water partition coefficient (Wildman–Crippen LogP) is -0.388. The van der Waals surface area contributed by atoms with E-state index in [2.05, 4.69) is 15.9 Å². The summed E-state index contributed by atoms with van der Waals surface area (Å²) in [4.78, 5) is 0. The van der Waals surface area contributed by atoms with Gasteiger partial charge in [0.1, 0.15) is 0 Å². The van der Waals surface area contributed by atoms with Gasteiger partial charge < -0.3 is 0 Å². The summed E-state index contributed by atoms with van der Waals surface area (Å²) in [5.41, 5.74) is 2.34. The summed E-state index contributed by atoms with van der Waals surface area (Å²) in [5.74, 6) is 0. The van der Waals surface area contributed by atoms with Crippen LogP contribution in [0.25, 0.3) is 0 Å². The van der Waals surface area contributed by atoms with Crippen LogP contribution in [0.5, 0.6) is 0 Å². The first-order valence-corrected chi connectivity index (χ1v) is 1.73. The van der Waals surface area contributed by atoms with E-state index >= 15 is 0 Å². The van der Waals surface area contributed by atoms with Gasteiger partial charge in [-0.25, -0.2) is 0 Å². The van der Waals surface area contributed by atoms with Crippen LogP contribution >= 0.6 is 0 Å². The van der Waals surface area contributed by atoms with Crippen LogP contribution in [0, 0.1) is 11.5 Å². The minimum absolute atomic E-state index is 0.330. The van der Waals surface area contributed by atoms with Gasteiger partial charge in [-0.3, -0.25) is 0 Å². The summed E-state index contributed by atoms with van der Waals surface area (Å²) < 4.78 is 0. The van der Waals surface area contributed by atoms with Crippen molar-refractivity contribution >= 4 is 0 Å². The Kier molecular flexibility index (Phi) is 0.788. The highest BCUT2D eigenvalue weighted by Crippen LogP contribution is 1.87. The highest BCUT2D eigenvalue weighted by molar-refractivity contribution is 4.67. The molecule has 0 aromatic rings. The van der Waals surface area contributed by atoms with Crippen molar-refractivity contribution in [3.8, 4) is 6.19 Å². The summed E-state index contributed by atoms with van der Waals surface area (Å²) in [7, 11) is 0. The molecule has 7 heavy (non-hydrogen) atoms. The third-order valence-corrected chi connectivity index (χ3v) is 0.562. The zero-order chi connectivity index (χ0) is 5.11. The van der Waals surface area contributed by atoms with E-state index in [1.54, 1.807) is 6.19 Å². The number of rotatable bonds is 0. The molecule has 0 bridgehead atoms. The molecule has 0 aromatic carbocycles. The van der Waals surface area contributed by atoms with Gasteiger partial charge in [-0.1, -0.05) is 5.22 Å². The quantitative estimate of drug-likeness (QED) is 0.419. The molecule has 1 heterocycles. The molecule has 0 amide bonds. The topological polar surface area (TPSA) is 63.8 Å². The van der Waals surface area contributed by atoms with Crippen LogP contribution in [0.15, 0.2) is 10.3 Å². The smallest absolute Gasteiger partial charge is 0.189 e. The van der Waals surface area contributed by atoms with Gasteiger partial charge in [0.15, 0.2) is 6.67 Å². The van der Waals surface area contributed by atoms with Crippen LogP contribution in [-0.2, 0) is 0 Å². The van der Waals surface area contributed by atoms with Gasteiger partial charge in [0.25, 0.3) is 0 Å². The van der Waals surface area contributed by atoms with Crippen molar-refractivity contribution in [2.45, 2.75) is 0 Å². The van der Waals surface area contributed by atoms with E-state index in [0.29, 0.717) is 6.67 Å². The SMILES string of the molecule is N#CN1CN=NN1. The summed E-state index contributed by atoms with van der Waals surface area (Å²) in [6, 6.07) is 0. The largest absolute Gasteiger partial charge is 0.203 e. The van der Waals surface area contributed by atoms with Crippen LogP contribution in [-0.4, -0.2) is 11.7 Å². The number of hydrogen-bond donors (Lipinski definition) is 1. The van der Waals surface area contributed by atoms with Gasteiger partial charge in [-0.15, -0.1) is 5.11 Å². The highest BCUT2D eigenvalue weighted by atomic mass is 15.8. The number of hydrogen-bond acceptors (Lipinski definition) is 5. The van der Waals surface area contributed by atoms with Gasteiger partial charge in [0.05, 0.1) is 0 Å². The zero-order valence-corrected chi connectivity index (χ0v) is 3.50. The van der Waals surface area contributed by atoms with Crippen LogP contribution in [0.3, 0.4) is 0 Å². The van der Waals surface area contributed by atoms with Gasteiger partial charge in [0, 0.05) is 0 Å². The Labute approximate surface area is 40.2 Å². The van der Waals surface area contributed by atoms with Gasteiger partial charge in [0.2, 0.25) is 6.19 Å². The third-order valence-electron chi connectivity index (χ3n) is 0.562. The van der Waals surface area contributed by atoms with E-state index < -0.39 is 0 Å². The first-order valence-electron chi connectivity index (χ1n) is 1.73. The number of nitriles is 1. The molecule has 0 aromatic heterocycles. The van der Waals surface area contributed by atoms with Crippen molar-refractivity contribution in [1.82, 2.24) is 10.5 Å². The lowest BCUT2D eigenvalue weighted by Crippen LogP contribution is -2.23. The first kappa shape index (κ1) is 3.87. The summed E-state index contributed by atoms with van der Waals surface area (Å²) in [6.45, 7) is 0.330. The fraction of sp³-hybridized carbons (Fsp3) is 0.500. The van der Waals surface area contributed by atoms with Gasteiger partial charge in [-0.2, -0.15) is 15.8 Å². The lowest BCUT2D eigenvalue weighted by molar-refractivity contribution is 0.353. The van der Waals surface area contributed by atoms with Crippen LogP contribution < -0.4 is 5.53 Å². The summed E-state index contributed by atoms with van der Waals surface area (Å²) in [5, 5.41) is 16.0. The number of hydrazine groups is 1. The van der Waals surface area contributed by atoms with E-state index in [0.717, 1.165) is 0 Å². The first-order chi connectivity index (χ1) is 3.43. The molecule has 5 heteroatoms. The molecule has 0 atom stereocenters. The van der Waals surface area contributed by atoms with Crippen molar-refractivity contribution in [3.63, 3.8) is 0 Å². The fourth-order valence-electron chi connectivity index (χ4n) is 0.266. The van der Waals surface area contributed by atoms with Crippen molar-refractivity contribution < 1.29 is 0 Å². The lowest BCUT2D eigenvalue weighted by Gasteiger charge is -1.97. The molecule has 0 saturated carbocycles. The van der Waals surface area contributed by atoms with Crippen molar-refractivity contribution in [1.29, 1.82) is 5.26 Å². The Morgan fingerprint density at radius 3 is 3.00 bits per heavy atom. The minimum atomic E-state index is 0.330. The maximum Gasteiger partial charge on any atom is 0.203 e. The summed E-state index contributed by atoms with van der Waals surface area (Å²) >= 11 is 0. The van der Waals surface area contributed by atoms with Crippen LogP contribution in [0.2, 0.25) is 0 Å². The predicted molar refractivity (Wildman–Crippen MR) is 20.3 cm³/mol. The third kappa shape index (κ3) is 0.574. The van der Waals surface area contributed by atoms with Crippen molar-refractivity contribution in [2.24, 2.45) is 10.3 Å². The zero-order valence-electron chi connectivity index (χ0n) is 3.50. The lowest BCUT2D eigenvalue weighted by atomic mass is 11.0. The van der Waals surface area contributed by atoms with Crippen LogP contribution in [0.4, 0.5) is 0 Å². The molecular formula is C2H3N5. The van der Waals surface area contributed by atoms with E-state index in [9.17, 15) is 0 Å². The molecule has 0 unspecified atom stereocenters. The Hall–Kier alpha value is -1.31. The molecule has 0 saturated heterocycles. The second-order valence-corrected chi connectivity index (χ2v) is 1.01. The molecular weight excluding hydrogens is 94.1 g/mol. The molecule has 1 rings (SSSR count). The second kappa shape index (κ2) is 1.43. The average Bonchev–Trinajstić information content (AvgIpc) is 2.14. The van der Waals surface area contributed by atoms with E-state index in [1.807, 2.05) is 0 Å². The molecule has 0 fully saturated rings. The van der Waals surface area contributed by atoms with E-state index in [4.69, 9.17) is 5.26 Å². The molecule has 1 aliphatic heterocycles. The van der Waals surface area contributed by atoms with Crippen molar-refractivity contribution in [3.05, 3.63) is 0 Å². The second-order valence-electron chi connectivity index (χ2n) is 1.01. The molecule has 0 radical (unpaired) electrons. The number of nitrogens with zero attached hydrogens (tertiary/aromatic N) is 4. The maximum atomic E-state index is 8.06. The van der Waals surface area contributed by atoms with E-state index in [1.165, 1.54) is 5.01 Å². The summed E-state index contributed by atoms with van der Waals surface area (Å²) in [6.07, 6.45) is 1.80. The molecule has 1 N–H and O–H groups in total. The monoisotopic (exact) mass is 97.0 g/mol. The van der Waals surface area contributed by atoms with Crippen LogP contribution in [0.1, 0.15) is 0 Å². The number of nitrogens with one attached hydrogen (secondary N) is 1. The Bertz CT molecular complexity index is 113. The normalized spacial score (nSPS) is 16.1. The molecule has 36 valence electrons. The molecule has 1 aliphatic rings. The standard InChI is InChI=1S/C2H3N5/c3-1-7-2-4-5-6-7/h2H2,(H,4,6). The van der Waals surface area contributed by atoms with Crippen molar-refractivity contribution in [2.75, 3.05) is 6.67 Å². The molecule has 0 aliphatic carbocycles. The average molecular weight is 97.1 g/mol. The Balaban J connectivity index is 2.39. The van der Waals surface area contributed by atoms with Gasteiger partial charge in [-0.05, 0) is 0 Å².